The third-order valence-corrected chi connectivity index (χ3v) is 2.84. The number of nitrogens with one attached hydrogen (secondary N) is 1. The predicted molar refractivity (Wildman–Crippen MR) is 72.0 cm³/mol. The molecule has 1 rings (SSSR count). The first-order chi connectivity index (χ1) is 7.78. The minimum atomic E-state index is -0.351. The largest absolute Gasteiger partial charge is 0.312 e. The Kier molecular flexibility index (Phi) is 4.96. The smallest absolute Gasteiger partial charge is 0.141 e. The maximum Gasteiger partial charge on any atom is 0.141 e. The van der Waals surface area contributed by atoms with Gasteiger partial charge in [0.05, 0.1) is 5.02 Å². The second kappa shape index (κ2) is 5.83. The van der Waals surface area contributed by atoms with Gasteiger partial charge in [-0.15, -0.1) is 0 Å². The van der Waals surface area contributed by atoms with Gasteiger partial charge in [0.1, 0.15) is 5.82 Å². The van der Waals surface area contributed by atoms with Crippen LogP contribution >= 0.6 is 11.6 Å². The first kappa shape index (κ1) is 14.5. The fourth-order valence-electron chi connectivity index (χ4n) is 1.62. The lowest BCUT2D eigenvalue weighted by Crippen LogP contribution is -2.39. The average molecular weight is 258 g/mol. The molecule has 1 atom stereocenters. The zero-order valence-corrected chi connectivity index (χ0v) is 11.7. The summed E-state index contributed by atoms with van der Waals surface area (Å²) >= 11 is 5.76. The predicted octanol–water partition coefficient (Wildman–Crippen LogP) is 4.05. The van der Waals surface area contributed by atoms with Crippen molar-refractivity contribution in [3.8, 4) is 0 Å². The molecule has 3 heteroatoms. The van der Waals surface area contributed by atoms with E-state index in [4.69, 9.17) is 11.6 Å². The third-order valence-electron chi connectivity index (χ3n) is 2.55. The maximum absolute atomic E-state index is 13.0. The van der Waals surface area contributed by atoms with E-state index in [9.17, 15) is 4.39 Å². The van der Waals surface area contributed by atoms with Gasteiger partial charge in [-0.1, -0.05) is 24.6 Å². The van der Waals surface area contributed by atoms with Gasteiger partial charge >= 0.3 is 0 Å². The van der Waals surface area contributed by atoms with Crippen LogP contribution in [0.2, 0.25) is 5.02 Å². The minimum Gasteiger partial charge on any atom is -0.312 e. The van der Waals surface area contributed by atoms with Crippen LogP contribution in [0.5, 0.6) is 0 Å². The maximum atomic E-state index is 13.0. The van der Waals surface area contributed by atoms with E-state index < -0.39 is 0 Å². The number of halogens is 2. The Hall–Kier alpha value is -0.600. The molecule has 0 aliphatic heterocycles. The van der Waals surface area contributed by atoms with Gasteiger partial charge in [0.15, 0.2) is 0 Å². The molecule has 96 valence electrons. The molecule has 1 aromatic carbocycles. The first-order valence-corrected chi connectivity index (χ1v) is 6.34. The highest BCUT2D eigenvalue weighted by Gasteiger charge is 2.12. The fraction of sp³-hybridized carbons (Fsp3) is 0.571. The van der Waals surface area contributed by atoms with Gasteiger partial charge in [-0.3, -0.25) is 0 Å². The van der Waals surface area contributed by atoms with Gasteiger partial charge in [0.25, 0.3) is 0 Å². The second-order valence-electron chi connectivity index (χ2n) is 5.69. The van der Waals surface area contributed by atoms with Gasteiger partial charge in [0, 0.05) is 5.54 Å². The molecular formula is C14H21ClFN. The molecule has 0 saturated heterocycles. The summed E-state index contributed by atoms with van der Waals surface area (Å²) in [7, 11) is 0. The molecule has 0 aliphatic carbocycles. The summed E-state index contributed by atoms with van der Waals surface area (Å²) < 4.78 is 13.0. The van der Waals surface area contributed by atoms with Crippen LogP contribution in [0.25, 0.3) is 0 Å². The molecule has 1 aromatic rings. The Labute approximate surface area is 108 Å². The van der Waals surface area contributed by atoms with E-state index in [0.717, 1.165) is 18.5 Å². The van der Waals surface area contributed by atoms with Crippen molar-refractivity contribution in [1.82, 2.24) is 5.32 Å². The van der Waals surface area contributed by atoms with E-state index in [-0.39, 0.29) is 16.4 Å². The highest BCUT2D eigenvalue weighted by molar-refractivity contribution is 6.30. The molecule has 0 aromatic heterocycles. The molecule has 0 heterocycles. The zero-order chi connectivity index (χ0) is 13.1. The van der Waals surface area contributed by atoms with Crippen LogP contribution < -0.4 is 5.32 Å². The van der Waals surface area contributed by atoms with E-state index in [1.54, 1.807) is 12.1 Å². The molecule has 1 unspecified atom stereocenters. The molecule has 0 aliphatic rings. The quantitative estimate of drug-likeness (QED) is 0.858. The van der Waals surface area contributed by atoms with E-state index >= 15 is 0 Å². The standard InChI is InChI=1S/C14H21ClFN/c1-10(9-17-14(2,3)4)7-11-5-6-13(16)12(15)8-11/h5-6,8,10,17H,7,9H2,1-4H3. The van der Waals surface area contributed by atoms with E-state index in [2.05, 4.69) is 33.0 Å². The van der Waals surface area contributed by atoms with Crippen LogP contribution in [-0.2, 0) is 6.42 Å². The number of hydrogen-bond donors (Lipinski definition) is 1. The summed E-state index contributed by atoms with van der Waals surface area (Å²) in [6, 6.07) is 4.95. The monoisotopic (exact) mass is 257 g/mol. The Bertz CT molecular complexity index is 371. The molecule has 0 fully saturated rings. The molecule has 1 nitrogen and oxygen atoms in total. The molecule has 0 spiro atoms. The Morgan fingerprint density at radius 1 is 1.35 bits per heavy atom. The highest BCUT2D eigenvalue weighted by Crippen LogP contribution is 2.18. The van der Waals surface area contributed by atoms with Crippen LogP contribution in [0.4, 0.5) is 4.39 Å². The van der Waals surface area contributed by atoms with Gasteiger partial charge < -0.3 is 5.32 Å². The van der Waals surface area contributed by atoms with Crippen molar-refractivity contribution in [2.24, 2.45) is 5.92 Å². The van der Waals surface area contributed by atoms with E-state index in [1.165, 1.54) is 6.07 Å². The van der Waals surface area contributed by atoms with Crippen LogP contribution in [0, 0.1) is 11.7 Å². The summed E-state index contributed by atoms with van der Waals surface area (Å²) in [4.78, 5) is 0. The topological polar surface area (TPSA) is 12.0 Å². The van der Waals surface area contributed by atoms with Crippen LogP contribution in [-0.4, -0.2) is 12.1 Å². The zero-order valence-electron chi connectivity index (χ0n) is 11.0. The number of benzene rings is 1. The Morgan fingerprint density at radius 3 is 2.53 bits per heavy atom. The average Bonchev–Trinajstić information content (AvgIpc) is 2.20. The summed E-state index contributed by atoms with van der Waals surface area (Å²) in [5.74, 6) is 0.145. The molecule has 17 heavy (non-hydrogen) atoms. The van der Waals surface area contributed by atoms with Crippen molar-refractivity contribution >= 4 is 11.6 Å². The van der Waals surface area contributed by atoms with Gasteiger partial charge in [-0.25, -0.2) is 4.39 Å². The fourth-order valence-corrected chi connectivity index (χ4v) is 1.82. The van der Waals surface area contributed by atoms with E-state index in [1.807, 2.05) is 0 Å². The lowest BCUT2D eigenvalue weighted by molar-refractivity contribution is 0.381. The number of rotatable bonds is 4. The number of hydrogen-bond acceptors (Lipinski definition) is 1. The van der Waals surface area contributed by atoms with Crippen LogP contribution in [0.3, 0.4) is 0 Å². The lowest BCUT2D eigenvalue weighted by Gasteiger charge is -2.23. The Morgan fingerprint density at radius 2 is 2.00 bits per heavy atom. The van der Waals surface area contributed by atoms with Crippen molar-refractivity contribution in [1.29, 1.82) is 0 Å². The van der Waals surface area contributed by atoms with Crippen LogP contribution in [0.1, 0.15) is 33.3 Å². The Balaban J connectivity index is 2.50. The third kappa shape index (κ3) is 5.51. The minimum absolute atomic E-state index is 0.134. The molecule has 0 amide bonds. The van der Waals surface area contributed by atoms with Gasteiger partial charge in [0.2, 0.25) is 0 Å². The molecular weight excluding hydrogens is 237 g/mol. The summed E-state index contributed by atoms with van der Waals surface area (Å²) in [5, 5.41) is 3.67. The highest BCUT2D eigenvalue weighted by atomic mass is 35.5. The first-order valence-electron chi connectivity index (χ1n) is 5.97. The lowest BCUT2D eigenvalue weighted by atomic mass is 9.99. The van der Waals surface area contributed by atoms with Gasteiger partial charge in [-0.2, -0.15) is 0 Å². The van der Waals surface area contributed by atoms with Crippen molar-refractivity contribution in [3.63, 3.8) is 0 Å². The van der Waals surface area contributed by atoms with Crippen molar-refractivity contribution in [2.45, 2.75) is 39.7 Å². The normalized spacial score (nSPS) is 13.8. The van der Waals surface area contributed by atoms with Crippen molar-refractivity contribution in [3.05, 3.63) is 34.6 Å². The molecule has 0 saturated carbocycles. The van der Waals surface area contributed by atoms with Crippen LogP contribution in [0.15, 0.2) is 18.2 Å². The van der Waals surface area contributed by atoms with Crippen molar-refractivity contribution < 1.29 is 4.39 Å². The molecule has 0 bridgehead atoms. The second-order valence-corrected chi connectivity index (χ2v) is 6.10. The SMILES string of the molecule is CC(CNC(C)(C)C)Cc1ccc(F)c(Cl)c1. The van der Waals surface area contributed by atoms with Gasteiger partial charge in [-0.05, 0) is 57.4 Å². The summed E-state index contributed by atoms with van der Waals surface area (Å²) in [5.41, 5.74) is 1.22. The molecule has 0 radical (unpaired) electrons. The molecule has 1 N–H and O–H groups in total. The summed E-state index contributed by atoms with van der Waals surface area (Å²) in [6.07, 6.45) is 0.906. The van der Waals surface area contributed by atoms with E-state index in [0.29, 0.717) is 5.92 Å². The van der Waals surface area contributed by atoms with Crippen molar-refractivity contribution in [2.75, 3.05) is 6.54 Å². The summed E-state index contributed by atoms with van der Waals surface area (Å²) in [6.45, 7) is 9.56.